The molecule has 7 nitrogen and oxygen atoms in total. The average molecular weight is 283 g/mol. The summed E-state index contributed by atoms with van der Waals surface area (Å²) in [6.45, 7) is 0. The van der Waals surface area contributed by atoms with E-state index in [0.29, 0.717) is 10.0 Å². The molecule has 0 aliphatic heterocycles. The van der Waals surface area contributed by atoms with Gasteiger partial charge in [0.25, 0.3) is 5.91 Å². The lowest BCUT2D eigenvalue weighted by Crippen LogP contribution is -2.31. The van der Waals surface area contributed by atoms with Gasteiger partial charge in [0.15, 0.2) is 0 Å². The number of carbonyl (C=O) groups is 2. The van der Waals surface area contributed by atoms with Gasteiger partial charge in [-0.2, -0.15) is 4.98 Å². The van der Waals surface area contributed by atoms with Crippen molar-refractivity contribution in [3.8, 4) is 0 Å². The Bertz CT molecular complexity index is 551. The molecule has 2 amide bonds. The summed E-state index contributed by atoms with van der Waals surface area (Å²) in [5, 5.41) is 10.6. The van der Waals surface area contributed by atoms with Crippen LogP contribution in [0, 0.1) is 0 Å². The first-order valence-corrected chi connectivity index (χ1v) is 6.70. The Morgan fingerprint density at radius 2 is 2.39 bits per heavy atom. The average Bonchev–Trinajstić information content (AvgIpc) is 2.97. The molecule has 2 aromatic heterocycles. The third-order valence-electron chi connectivity index (χ3n) is 1.81. The van der Waals surface area contributed by atoms with Crippen molar-refractivity contribution in [3.63, 3.8) is 0 Å². The van der Waals surface area contributed by atoms with Gasteiger partial charge in [0.1, 0.15) is 0 Å². The topological polar surface area (TPSA) is 114 Å². The van der Waals surface area contributed by atoms with Crippen molar-refractivity contribution >= 4 is 40.9 Å². The Labute approximate surface area is 110 Å². The van der Waals surface area contributed by atoms with Crippen LogP contribution in [0.2, 0.25) is 0 Å². The quantitative estimate of drug-likeness (QED) is 0.704. The van der Waals surface area contributed by atoms with Crippen molar-refractivity contribution in [2.75, 3.05) is 11.5 Å². The van der Waals surface area contributed by atoms with Crippen LogP contribution in [0.1, 0.15) is 9.67 Å². The van der Waals surface area contributed by atoms with Gasteiger partial charge in [-0.05, 0) is 11.4 Å². The van der Waals surface area contributed by atoms with Crippen LogP contribution in [0.15, 0.2) is 22.7 Å². The number of hydrogen-bond acceptors (Lipinski definition) is 7. The van der Waals surface area contributed by atoms with Crippen LogP contribution in [0.5, 0.6) is 0 Å². The minimum absolute atomic E-state index is 0.0500. The van der Waals surface area contributed by atoms with Crippen molar-refractivity contribution in [2.24, 2.45) is 0 Å². The number of anilines is 1. The van der Waals surface area contributed by atoms with Crippen molar-refractivity contribution in [1.82, 2.24) is 20.5 Å². The molecule has 2 heterocycles. The zero-order valence-electron chi connectivity index (χ0n) is 9.04. The number of thioether (sulfide) groups is 1. The number of nitrogen functional groups attached to an aromatic ring is 1. The van der Waals surface area contributed by atoms with E-state index in [9.17, 15) is 9.59 Å². The second kappa shape index (κ2) is 5.65. The molecule has 94 valence electrons. The number of nitrogens with two attached hydrogens (primary N) is 1. The third-order valence-corrected chi connectivity index (χ3v) is 3.53. The summed E-state index contributed by atoms with van der Waals surface area (Å²) in [5.74, 6) is -0.562. The van der Waals surface area contributed by atoms with Gasteiger partial charge >= 0.3 is 0 Å². The molecule has 0 radical (unpaired) electrons. The number of amides is 2. The number of imide groups is 1. The molecule has 18 heavy (non-hydrogen) atoms. The van der Waals surface area contributed by atoms with E-state index in [1.807, 2.05) is 0 Å². The summed E-state index contributed by atoms with van der Waals surface area (Å²) < 4.78 is 0. The minimum atomic E-state index is -0.401. The first-order chi connectivity index (χ1) is 8.65. The summed E-state index contributed by atoms with van der Waals surface area (Å²) in [6, 6.07) is 3.39. The monoisotopic (exact) mass is 283 g/mol. The predicted molar refractivity (Wildman–Crippen MR) is 68.3 cm³/mol. The molecule has 0 saturated carbocycles. The molecule has 0 saturated heterocycles. The number of nitrogens with one attached hydrogen (secondary N) is 2. The van der Waals surface area contributed by atoms with Crippen LogP contribution in [0.3, 0.4) is 0 Å². The fraction of sp³-hybridized carbons (Fsp3) is 0.111. The van der Waals surface area contributed by atoms with Gasteiger partial charge in [0.05, 0.1) is 10.6 Å². The van der Waals surface area contributed by atoms with Gasteiger partial charge in [-0.3, -0.25) is 14.9 Å². The molecule has 2 rings (SSSR count). The molecule has 2 aromatic rings. The van der Waals surface area contributed by atoms with E-state index in [0.717, 1.165) is 11.8 Å². The zero-order valence-corrected chi connectivity index (χ0v) is 10.7. The van der Waals surface area contributed by atoms with Gasteiger partial charge in [0, 0.05) is 0 Å². The van der Waals surface area contributed by atoms with E-state index in [-0.39, 0.29) is 11.7 Å². The number of aromatic amines is 1. The summed E-state index contributed by atoms with van der Waals surface area (Å²) in [6.07, 6.45) is 0. The molecule has 0 unspecified atom stereocenters. The normalized spacial score (nSPS) is 10.2. The second-order valence-corrected chi connectivity index (χ2v) is 5.04. The van der Waals surface area contributed by atoms with Crippen molar-refractivity contribution < 1.29 is 9.59 Å². The molecule has 0 fully saturated rings. The van der Waals surface area contributed by atoms with E-state index < -0.39 is 11.8 Å². The molecule has 0 aromatic carbocycles. The van der Waals surface area contributed by atoms with Crippen LogP contribution in [-0.2, 0) is 4.79 Å². The van der Waals surface area contributed by atoms with Crippen LogP contribution in [-0.4, -0.2) is 32.7 Å². The third kappa shape index (κ3) is 3.31. The molecule has 9 heteroatoms. The predicted octanol–water partition coefficient (Wildman–Crippen LogP) is 0.497. The van der Waals surface area contributed by atoms with E-state index in [1.165, 1.54) is 11.3 Å². The van der Waals surface area contributed by atoms with Crippen LogP contribution < -0.4 is 11.1 Å². The van der Waals surface area contributed by atoms with Crippen molar-refractivity contribution in [3.05, 3.63) is 22.4 Å². The maximum atomic E-state index is 11.5. The van der Waals surface area contributed by atoms with E-state index in [1.54, 1.807) is 17.5 Å². The van der Waals surface area contributed by atoms with E-state index in [4.69, 9.17) is 5.73 Å². The Kier molecular flexibility index (Phi) is 3.95. The Hall–Kier alpha value is -1.87. The fourth-order valence-electron chi connectivity index (χ4n) is 1.08. The molecule has 0 bridgehead atoms. The molecule has 0 aliphatic rings. The standard InChI is InChI=1S/C9H9N5O2S2/c10-8-12-9(14-13-8)18-4-6(15)11-7(16)5-2-1-3-17-5/h1-3H,4H2,(H,11,15,16)(H3,10,12,13,14). The lowest BCUT2D eigenvalue weighted by atomic mass is 10.4. The first-order valence-electron chi connectivity index (χ1n) is 4.83. The van der Waals surface area contributed by atoms with Gasteiger partial charge in [-0.1, -0.05) is 17.8 Å². The number of thiophene rings is 1. The number of nitrogens with zero attached hydrogens (tertiary/aromatic N) is 2. The SMILES string of the molecule is Nc1nc(SCC(=O)NC(=O)c2cccs2)n[nH]1. The van der Waals surface area contributed by atoms with Crippen molar-refractivity contribution in [2.45, 2.75) is 5.16 Å². The molecule has 0 spiro atoms. The van der Waals surface area contributed by atoms with Gasteiger partial charge in [0.2, 0.25) is 17.0 Å². The first kappa shape index (κ1) is 12.6. The van der Waals surface area contributed by atoms with Crippen LogP contribution in [0.25, 0.3) is 0 Å². The van der Waals surface area contributed by atoms with E-state index >= 15 is 0 Å². The molecular weight excluding hydrogens is 274 g/mol. The second-order valence-electron chi connectivity index (χ2n) is 3.15. The molecule has 0 aliphatic carbocycles. The number of rotatable bonds is 4. The van der Waals surface area contributed by atoms with Gasteiger partial charge < -0.3 is 5.73 Å². The number of H-pyrrole nitrogens is 1. The zero-order chi connectivity index (χ0) is 13.0. The highest BCUT2D eigenvalue weighted by atomic mass is 32.2. The molecular formula is C9H9N5O2S2. The van der Waals surface area contributed by atoms with E-state index in [2.05, 4.69) is 20.5 Å². The van der Waals surface area contributed by atoms with Crippen LogP contribution >= 0.6 is 23.1 Å². The Morgan fingerprint density at radius 3 is 3.00 bits per heavy atom. The van der Waals surface area contributed by atoms with Crippen molar-refractivity contribution in [1.29, 1.82) is 0 Å². The lowest BCUT2D eigenvalue weighted by molar-refractivity contribution is -0.117. The molecule has 4 N–H and O–H groups in total. The highest BCUT2D eigenvalue weighted by molar-refractivity contribution is 7.99. The summed E-state index contributed by atoms with van der Waals surface area (Å²) in [5.41, 5.74) is 5.33. The number of hydrogen-bond donors (Lipinski definition) is 3. The highest BCUT2D eigenvalue weighted by Crippen LogP contribution is 2.12. The fourth-order valence-corrected chi connectivity index (χ4v) is 2.31. The Morgan fingerprint density at radius 1 is 1.56 bits per heavy atom. The summed E-state index contributed by atoms with van der Waals surface area (Å²) in [7, 11) is 0. The maximum Gasteiger partial charge on any atom is 0.267 e. The number of carbonyl (C=O) groups excluding carboxylic acids is 2. The number of aromatic nitrogens is 3. The van der Waals surface area contributed by atoms with Gasteiger partial charge in [-0.15, -0.1) is 16.4 Å². The largest absolute Gasteiger partial charge is 0.368 e. The summed E-state index contributed by atoms with van der Waals surface area (Å²) >= 11 is 2.37. The maximum absolute atomic E-state index is 11.5. The van der Waals surface area contributed by atoms with Crippen LogP contribution in [0.4, 0.5) is 5.95 Å². The highest BCUT2D eigenvalue weighted by Gasteiger charge is 2.12. The minimum Gasteiger partial charge on any atom is -0.368 e. The van der Waals surface area contributed by atoms with Gasteiger partial charge in [-0.25, -0.2) is 5.10 Å². The summed E-state index contributed by atoms with van der Waals surface area (Å²) in [4.78, 5) is 27.3. The lowest BCUT2D eigenvalue weighted by Gasteiger charge is -2.00. The molecule has 0 atom stereocenters. The smallest absolute Gasteiger partial charge is 0.267 e. The Balaban J connectivity index is 1.80.